The van der Waals surface area contributed by atoms with Crippen molar-refractivity contribution in [3.05, 3.63) is 101 Å². The molecule has 1 aromatic heterocycles. The fourth-order valence-corrected chi connectivity index (χ4v) is 5.56. The molecule has 2 atom stereocenters. The van der Waals surface area contributed by atoms with Crippen LogP contribution in [0.25, 0.3) is 10.9 Å². The number of anilines is 1. The lowest BCUT2D eigenvalue weighted by Gasteiger charge is -2.42. The van der Waals surface area contributed by atoms with Crippen molar-refractivity contribution in [3.8, 4) is 0 Å². The Bertz CT molecular complexity index is 1390. The molecule has 2 aliphatic heterocycles. The first kappa shape index (κ1) is 18.3. The van der Waals surface area contributed by atoms with E-state index in [1.54, 1.807) is 24.1 Å². The molecule has 1 amide bonds. The van der Waals surface area contributed by atoms with Crippen LogP contribution in [0.4, 0.5) is 10.1 Å². The van der Waals surface area contributed by atoms with E-state index >= 15 is 0 Å². The molecule has 2 N–H and O–H groups in total. The van der Waals surface area contributed by atoms with Gasteiger partial charge in [0, 0.05) is 35.1 Å². The van der Waals surface area contributed by atoms with Crippen molar-refractivity contribution in [2.45, 2.75) is 11.5 Å². The van der Waals surface area contributed by atoms with Crippen LogP contribution in [-0.4, -0.2) is 22.9 Å². The number of nitrogens with zero attached hydrogens (tertiary/aromatic N) is 1. The van der Waals surface area contributed by atoms with Gasteiger partial charge >= 0.3 is 0 Å². The summed E-state index contributed by atoms with van der Waals surface area (Å²) in [6.45, 7) is 0. The Kier molecular flexibility index (Phi) is 3.68. The molecular formula is C25H18FN3OS. The lowest BCUT2D eigenvalue weighted by atomic mass is 9.68. The van der Waals surface area contributed by atoms with E-state index in [1.807, 2.05) is 48.5 Å². The van der Waals surface area contributed by atoms with E-state index < -0.39 is 11.5 Å². The Morgan fingerprint density at radius 1 is 1.00 bits per heavy atom. The Balaban J connectivity index is 1.74. The molecule has 0 saturated carbocycles. The number of benzene rings is 3. The number of aromatic nitrogens is 1. The Morgan fingerprint density at radius 2 is 1.71 bits per heavy atom. The van der Waals surface area contributed by atoms with Gasteiger partial charge in [-0.05, 0) is 35.4 Å². The Labute approximate surface area is 183 Å². The smallest absolute Gasteiger partial charge is 0.258 e. The van der Waals surface area contributed by atoms with Crippen LogP contribution in [0.3, 0.4) is 0 Å². The van der Waals surface area contributed by atoms with Gasteiger partial charge in [-0.15, -0.1) is 0 Å². The number of rotatable bonds is 1. The first-order valence-corrected chi connectivity index (χ1v) is 10.5. The van der Waals surface area contributed by atoms with Crippen LogP contribution in [0.15, 0.2) is 72.8 Å². The van der Waals surface area contributed by atoms with Crippen molar-refractivity contribution in [2.75, 3.05) is 11.9 Å². The van der Waals surface area contributed by atoms with Gasteiger partial charge in [-0.25, -0.2) is 4.39 Å². The number of H-pyrrole nitrogens is 1. The van der Waals surface area contributed by atoms with Crippen molar-refractivity contribution in [1.82, 2.24) is 10.3 Å². The highest BCUT2D eigenvalue weighted by Gasteiger charge is 2.59. The number of thiocarbonyl (C=S) groups is 1. The van der Waals surface area contributed by atoms with E-state index in [2.05, 4.69) is 10.3 Å². The minimum Gasteiger partial charge on any atom is -0.356 e. The number of likely N-dealkylation sites (N-methyl/N-ethyl adjacent to an activating group) is 1. The zero-order valence-corrected chi connectivity index (χ0v) is 17.5. The zero-order valence-electron chi connectivity index (χ0n) is 16.6. The average molecular weight is 428 g/mol. The molecule has 2 aliphatic rings. The highest BCUT2D eigenvalue weighted by Crippen LogP contribution is 2.54. The molecule has 31 heavy (non-hydrogen) atoms. The van der Waals surface area contributed by atoms with E-state index in [9.17, 15) is 9.18 Å². The van der Waals surface area contributed by atoms with Crippen molar-refractivity contribution >= 4 is 39.7 Å². The van der Waals surface area contributed by atoms with E-state index in [0.29, 0.717) is 4.99 Å². The number of para-hydroxylation sites is 2. The quantitative estimate of drug-likeness (QED) is 0.437. The maximum atomic E-state index is 13.9. The maximum absolute atomic E-state index is 13.9. The second-order valence-corrected chi connectivity index (χ2v) is 8.50. The third kappa shape index (κ3) is 2.28. The number of fused-ring (bicyclic) bond motifs is 5. The molecule has 6 heteroatoms. The molecule has 0 saturated heterocycles. The Morgan fingerprint density at radius 3 is 2.52 bits per heavy atom. The molecule has 4 nitrogen and oxygen atoms in total. The first-order chi connectivity index (χ1) is 15.0. The molecule has 6 rings (SSSR count). The SMILES string of the molecule is CN1C(=O)C2(NC(=S)c3[nH]c4ccccc4c3C2c2ccc(F)cc2)c2ccccc21. The molecule has 2 unspecified atom stereocenters. The molecule has 0 bridgehead atoms. The van der Waals surface area contributed by atoms with Gasteiger partial charge in [0.05, 0.1) is 5.69 Å². The maximum Gasteiger partial charge on any atom is 0.258 e. The predicted molar refractivity (Wildman–Crippen MR) is 123 cm³/mol. The summed E-state index contributed by atoms with van der Waals surface area (Å²) in [4.78, 5) is 19.5. The number of aromatic amines is 1. The minimum absolute atomic E-state index is 0.0821. The summed E-state index contributed by atoms with van der Waals surface area (Å²) < 4.78 is 13.8. The van der Waals surface area contributed by atoms with E-state index in [-0.39, 0.29) is 11.7 Å². The minimum atomic E-state index is -1.11. The summed E-state index contributed by atoms with van der Waals surface area (Å²) in [5, 5.41) is 4.43. The molecule has 1 spiro atoms. The standard InChI is InChI=1S/C25H18FN3OS/c1-29-19-9-5-3-7-17(19)25(24(29)30)21(14-10-12-15(26)13-11-14)20-16-6-2-4-8-18(16)27-22(20)23(31)28-25/h2-13,21,27H,1H3,(H,28,31). The van der Waals surface area contributed by atoms with Gasteiger partial charge < -0.3 is 15.2 Å². The van der Waals surface area contributed by atoms with Crippen molar-refractivity contribution < 1.29 is 9.18 Å². The van der Waals surface area contributed by atoms with Gasteiger partial charge in [-0.1, -0.05) is 60.7 Å². The number of amides is 1. The fraction of sp³-hybridized carbons (Fsp3) is 0.120. The van der Waals surface area contributed by atoms with Crippen molar-refractivity contribution in [2.24, 2.45) is 0 Å². The second-order valence-electron chi connectivity index (χ2n) is 8.09. The van der Waals surface area contributed by atoms with Crippen LogP contribution >= 0.6 is 12.2 Å². The average Bonchev–Trinajstić information content (AvgIpc) is 3.27. The number of carbonyl (C=O) groups is 1. The largest absolute Gasteiger partial charge is 0.356 e. The third-order valence-electron chi connectivity index (χ3n) is 6.54. The molecule has 3 heterocycles. The summed E-state index contributed by atoms with van der Waals surface area (Å²) in [5.74, 6) is -0.794. The molecule has 4 aromatic rings. The zero-order chi connectivity index (χ0) is 21.3. The molecular weight excluding hydrogens is 409 g/mol. The predicted octanol–water partition coefficient (Wildman–Crippen LogP) is 4.59. The van der Waals surface area contributed by atoms with Crippen molar-refractivity contribution in [3.63, 3.8) is 0 Å². The molecule has 0 aliphatic carbocycles. The van der Waals surface area contributed by atoms with Crippen LogP contribution in [0.2, 0.25) is 0 Å². The van der Waals surface area contributed by atoms with Gasteiger partial charge in [0.15, 0.2) is 5.54 Å². The van der Waals surface area contributed by atoms with Crippen LogP contribution in [0, 0.1) is 5.82 Å². The lowest BCUT2D eigenvalue weighted by molar-refractivity contribution is -0.124. The van der Waals surface area contributed by atoms with Gasteiger partial charge in [-0.2, -0.15) is 0 Å². The molecule has 0 fully saturated rings. The summed E-state index contributed by atoms with van der Waals surface area (Å²) in [7, 11) is 1.78. The summed E-state index contributed by atoms with van der Waals surface area (Å²) in [5.41, 5.74) is 4.17. The lowest BCUT2D eigenvalue weighted by Crippen LogP contribution is -2.59. The number of hydrogen-bond donors (Lipinski definition) is 2. The summed E-state index contributed by atoms with van der Waals surface area (Å²) in [6.07, 6.45) is 0. The highest BCUT2D eigenvalue weighted by atomic mass is 32.1. The number of halogens is 1. The van der Waals surface area contributed by atoms with Gasteiger partial charge in [0.1, 0.15) is 10.8 Å². The number of carbonyl (C=O) groups excluding carboxylic acids is 1. The molecule has 0 radical (unpaired) electrons. The second kappa shape index (κ2) is 6.25. The van der Waals surface area contributed by atoms with E-state index in [1.165, 1.54) is 12.1 Å². The van der Waals surface area contributed by atoms with Crippen LogP contribution in [-0.2, 0) is 10.3 Å². The number of hydrogen-bond acceptors (Lipinski definition) is 2. The highest BCUT2D eigenvalue weighted by molar-refractivity contribution is 7.80. The topological polar surface area (TPSA) is 48.1 Å². The monoisotopic (exact) mass is 427 g/mol. The number of nitrogens with one attached hydrogen (secondary N) is 2. The van der Waals surface area contributed by atoms with Crippen LogP contribution < -0.4 is 10.2 Å². The third-order valence-corrected chi connectivity index (χ3v) is 6.85. The molecule has 152 valence electrons. The molecule has 3 aromatic carbocycles. The van der Waals surface area contributed by atoms with Crippen molar-refractivity contribution in [1.29, 1.82) is 0 Å². The van der Waals surface area contributed by atoms with Gasteiger partial charge in [0.2, 0.25) is 0 Å². The van der Waals surface area contributed by atoms with Gasteiger partial charge in [-0.3, -0.25) is 4.79 Å². The van der Waals surface area contributed by atoms with E-state index in [0.717, 1.165) is 39.0 Å². The fourth-order valence-electron chi connectivity index (χ4n) is 5.23. The van der Waals surface area contributed by atoms with E-state index in [4.69, 9.17) is 12.2 Å². The van der Waals surface area contributed by atoms with Crippen LogP contribution in [0.5, 0.6) is 0 Å². The normalized spacial score (nSPS) is 22.0. The first-order valence-electron chi connectivity index (χ1n) is 10.1. The Hall–Kier alpha value is -3.51. The van der Waals surface area contributed by atoms with Crippen LogP contribution in [0.1, 0.15) is 28.3 Å². The summed E-state index contributed by atoms with van der Waals surface area (Å²) in [6, 6.07) is 22.2. The summed E-state index contributed by atoms with van der Waals surface area (Å²) >= 11 is 5.78. The van der Waals surface area contributed by atoms with Gasteiger partial charge in [0.25, 0.3) is 5.91 Å².